The Morgan fingerprint density at radius 2 is 1.75 bits per heavy atom. The van der Waals surface area contributed by atoms with Crippen LogP contribution in [-0.4, -0.2) is 23.2 Å². The van der Waals surface area contributed by atoms with Crippen molar-refractivity contribution >= 4 is 33.4 Å². The number of hydrogen-bond acceptors (Lipinski definition) is 2. The molecule has 5 heteroatoms. The van der Waals surface area contributed by atoms with E-state index in [1.807, 2.05) is 45.0 Å². The van der Waals surface area contributed by atoms with Crippen LogP contribution in [0.5, 0.6) is 0 Å². The second-order valence-corrected chi connectivity index (χ2v) is 8.16. The first-order valence-electron chi connectivity index (χ1n) is 8.46. The van der Waals surface area contributed by atoms with Crippen molar-refractivity contribution in [2.24, 2.45) is 5.41 Å². The molecule has 2 unspecified atom stereocenters. The van der Waals surface area contributed by atoms with E-state index in [4.69, 9.17) is 0 Å². The number of alkyl halides is 1. The molecular weight excluding hydrogens is 368 g/mol. The molecule has 0 aliphatic rings. The Morgan fingerprint density at radius 1 is 1.17 bits per heavy atom. The van der Waals surface area contributed by atoms with E-state index >= 15 is 0 Å². The van der Waals surface area contributed by atoms with E-state index in [1.165, 1.54) is 5.56 Å². The minimum Gasteiger partial charge on any atom is -0.355 e. The fourth-order valence-electron chi connectivity index (χ4n) is 2.14. The molecule has 0 heterocycles. The first kappa shape index (κ1) is 20.7. The summed E-state index contributed by atoms with van der Waals surface area (Å²) in [5.41, 5.74) is 1.89. The van der Waals surface area contributed by atoms with Crippen LogP contribution in [0.3, 0.4) is 0 Å². The second kappa shape index (κ2) is 9.21. The summed E-state index contributed by atoms with van der Waals surface area (Å²) in [5, 5.41) is 5.65. The minimum atomic E-state index is -0.277. The smallest absolute Gasteiger partial charge is 0.234 e. The highest BCUT2D eigenvalue weighted by Gasteiger charge is 2.28. The molecule has 1 aromatic carbocycles. The van der Waals surface area contributed by atoms with Gasteiger partial charge >= 0.3 is 0 Å². The third-order valence-corrected chi connectivity index (χ3v) is 5.81. The van der Waals surface area contributed by atoms with Crippen molar-refractivity contribution in [1.82, 2.24) is 5.32 Å². The van der Waals surface area contributed by atoms with Crippen LogP contribution < -0.4 is 10.6 Å². The number of amides is 2. The van der Waals surface area contributed by atoms with Gasteiger partial charge in [0.1, 0.15) is 0 Å². The number of anilines is 1. The summed E-state index contributed by atoms with van der Waals surface area (Å²) >= 11 is 3.40. The largest absolute Gasteiger partial charge is 0.355 e. The van der Waals surface area contributed by atoms with Gasteiger partial charge in [0.2, 0.25) is 11.8 Å². The number of carbonyl (C=O) groups is 2. The monoisotopic (exact) mass is 396 g/mol. The Labute approximate surface area is 153 Å². The average molecular weight is 397 g/mol. The highest BCUT2D eigenvalue weighted by molar-refractivity contribution is 9.10. The Balaban J connectivity index is 2.40. The maximum atomic E-state index is 12.0. The van der Waals surface area contributed by atoms with E-state index < -0.39 is 0 Å². The van der Waals surface area contributed by atoms with E-state index in [-0.39, 0.29) is 28.5 Å². The maximum Gasteiger partial charge on any atom is 0.234 e. The number of rotatable bonds is 7. The van der Waals surface area contributed by atoms with Crippen LogP contribution in [0.2, 0.25) is 0 Å². The number of nitrogens with one attached hydrogen (secondary N) is 2. The van der Waals surface area contributed by atoms with Crippen LogP contribution in [0, 0.1) is 5.41 Å². The van der Waals surface area contributed by atoms with Crippen LogP contribution >= 0.6 is 15.9 Å². The SMILES string of the molecule is CCC(C)c1ccc(NC(=O)CCNC(=O)C(Br)C(C)(C)C)cc1. The van der Waals surface area contributed by atoms with Gasteiger partial charge in [-0.3, -0.25) is 9.59 Å². The van der Waals surface area contributed by atoms with Crippen LogP contribution in [0.1, 0.15) is 58.9 Å². The topological polar surface area (TPSA) is 58.2 Å². The molecule has 2 amide bonds. The lowest BCUT2D eigenvalue weighted by atomic mass is 9.92. The van der Waals surface area contributed by atoms with Gasteiger partial charge in [-0.2, -0.15) is 0 Å². The molecule has 4 nitrogen and oxygen atoms in total. The zero-order valence-electron chi connectivity index (χ0n) is 15.3. The zero-order valence-corrected chi connectivity index (χ0v) is 16.9. The summed E-state index contributed by atoms with van der Waals surface area (Å²) in [4.78, 5) is 23.7. The number of halogens is 1. The molecule has 0 bridgehead atoms. The van der Waals surface area contributed by atoms with Crippen LogP contribution in [-0.2, 0) is 9.59 Å². The van der Waals surface area contributed by atoms with Crippen LogP contribution in [0.4, 0.5) is 5.69 Å². The average Bonchev–Trinajstić information content (AvgIpc) is 2.53. The first-order valence-corrected chi connectivity index (χ1v) is 9.38. The normalized spacial score (nSPS) is 13.9. The fourth-order valence-corrected chi connectivity index (χ4v) is 2.30. The first-order chi connectivity index (χ1) is 11.1. The molecule has 0 aliphatic heterocycles. The van der Waals surface area contributed by atoms with Crippen molar-refractivity contribution in [2.75, 3.05) is 11.9 Å². The van der Waals surface area contributed by atoms with E-state index in [0.29, 0.717) is 12.5 Å². The van der Waals surface area contributed by atoms with Crippen LogP contribution in [0.15, 0.2) is 24.3 Å². The standard InChI is InChI=1S/C19H29BrN2O2/c1-6-13(2)14-7-9-15(10-8-14)22-16(23)11-12-21-18(24)17(20)19(3,4)5/h7-10,13,17H,6,11-12H2,1-5H3,(H,21,24)(H,22,23). The summed E-state index contributed by atoms with van der Waals surface area (Å²) in [5.74, 6) is 0.326. The Morgan fingerprint density at radius 3 is 2.25 bits per heavy atom. The van der Waals surface area contributed by atoms with Gasteiger partial charge in [0, 0.05) is 18.7 Å². The lowest BCUT2D eigenvalue weighted by Gasteiger charge is -2.24. The third-order valence-electron chi connectivity index (χ3n) is 4.02. The van der Waals surface area contributed by atoms with Gasteiger partial charge in [-0.25, -0.2) is 0 Å². The lowest BCUT2D eigenvalue weighted by Crippen LogP contribution is -2.39. The van der Waals surface area contributed by atoms with Crippen molar-refractivity contribution in [3.8, 4) is 0 Å². The maximum absolute atomic E-state index is 12.0. The van der Waals surface area contributed by atoms with E-state index in [2.05, 4.69) is 40.4 Å². The van der Waals surface area contributed by atoms with E-state index in [1.54, 1.807) is 0 Å². The molecule has 134 valence electrons. The van der Waals surface area contributed by atoms with Crippen molar-refractivity contribution < 1.29 is 9.59 Å². The van der Waals surface area contributed by atoms with E-state index in [0.717, 1.165) is 12.1 Å². The van der Waals surface area contributed by atoms with Gasteiger partial charge < -0.3 is 10.6 Å². The molecule has 0 spiro atoms. The zero-order chi connectivity index (χ0) is 18.3. The van der Waals surface area contributed by atoms with E-state index in [9.17, 15) is 9.59 Å². The number of benzene rings is 1. The molecule has 0 radical (unpaired) electrons. The molecule has 0 saturated carbocycles. The van der Waals surface area contributed by atoms with Gasteiger partial charge in [0.05, 0.1) is 4.83 Å². The quantitative estimate of drug-likeness (QED) is 0.668. The third kappa shape index (κ3) is 6.63. The van der Waals surface area contributed by atoms with Gasteiger partial charge in [-0.1, -0.05) is 62.7 Å². The summed E-state index contributed by atoms with van der Waals surface area (Å²) in [6.07, 6.45) is 1.34. The molecule has 2 N–H and O–H groups in total. The van der Waals surface area contributed by atoms with Crippen molar-refractivity contribution in [1.29, 1.82) is 0 Å². The fraction of sp³-hybridized carbons (Fsp3) is 0.579. The van der Waals surface area contributed by atoms with Crippen molar-refractivity contribution in [3.05, 3.63) is 29.8 Å². The highest BCUT2D eigenvalue weighted by atomic mass is 79.9. The van der Waals surface area contributed by atoms with Gasteiger partial charge in [0.15, 0.2) is 0 Å². The van der Waals surface area contributed by atoms with Gasteiger partial charge in [-0.05, 0) is 35.4 Å². The number of hydrogen-bond donors (Lipinski definition) is 2. The van der Waals surface area contributed by atoms with Gasteiger partial charge in [0.25, 0.3) is 0 Å². The predicted molar refractivity (Wildman–Crippen MR) is 104 cm³/mol. The predicted octanol–water partition coefficient (Wildman–Crippen LogP) is 4.45. The highest BCUT2D eigenvalue weighted by Crippen LogP contribution is 2.26. The summed E-state index contributed by atoms with van der Waals surface area (Å²) in [7, 11) is 0. The van der Waals surface area contributed by atoms with Crippen LogP contribution in [0.25, 0.3) is 0 Å². The summed E-state index contributed by atoms with van der Waals surface area (Å²) in [6.45, 7) is 10.6. The molecule has 1 aromatic rings. The van der Waals surface area contributed by atoms with Crippen molar-refractivity contribution in [3.63, 3.8) is 0 Å². The Bertz CT molecular complexity index is 549. The molecule has 0 aliphatic carbocycles. The molecule has 0 fully saturated rings. The van der Waals surface area contributed by atoms with Gasteiger partial charge in [-0.15, -0.1) is 0 Å². The molecule has 0 saturated heterocycles. The molecule has 1 rings (SSSR count). The Hall–Kier alpha value is -1.36. The lowest BCUT2D eigenvalue weighted by molar-refractivity contribution is -0.122. The molecule has 0 aromatic heterocycles. The minimum absolute atomic E-state index is 0.0896. The molecular formula is C19H29BrN2O2. The Kier molecular flexibility index (Phi) is 7.94. The summed E-state index contributed by atoms with van der Waals surface area (Å²) < 4.78 is 0. The number of carbonyl (C=O) groups excluding carboxylic acids is 2. The van der Waals surface area contributed by atoms with Crippen molar-refractivity contribution in [2.45, 2.75) is 58.2 Å². The molecule has 2 atom stereocenters. The molecule has 24 heavy (non-hydrogen) atoms. The second-order valence-electron chi connectivity index (χ2n) is 7.25. The summed E-state index contributed by atoms with van der Waals surface area (Å²) in [6, 6.07) is 7.94.